The molecule has 1 aliphatic heterocycles. The average Bonchev–Trinajstić information content (AvgIpc) is 3.10. The Labute approximate surface area is 153 Å². The van der Waals surface area contributed by atoms with Crippen LogP contribution in [-0.2, 0) is 6.54 Å². The minimum absolute atomic E-state index is 0.0555. The van der Waals surface area contributed by atoms with Gasteiger partial charge in [0.1, 0.15) is 5.52 Å². The van der Waals surface area contributed by atoms with Crippen molar-refractivity contribution in [2.45, 2.75) is 19.5 Å². The van der Waals surface area contributed by atoms with Gasteiger partial charge in [0.25, 0.3) is 5.91 Å². The zero-order valence-electron chi connectivity index (χ0n) is 15.2. The van der Waals surface area contributed by atoms with E-state index in [4.69, 9.17) is 0 Å². The number of aryl methyl sites for hydroxylation is 1. The Balaban J connectivity index is 1.67. The Morgan fingerprint density at radius 1 is 1.15 bits per heavy atom. The van der Waals surface area contributed by atoms with E-state index in [9.17, 15) is 4.79 Å². The van der Waals surface area contributed by atoms with Gasteiger partial charge < -0.3 is 9.80 Å². The number of amides is 1. The molecule has 1 aromatic heterocycles. The van der Waals surface area contributed by atoms with Gasteiger partial charge in [-0.15, -0.1) is 5.10 Å². The van der Waals surface area contributed by atoms with Gasteiger partial charge in [0.15, 0.2) is 0 Å². The van der Waals surface area contributed by atoms with E-state index in [2.05, 4.69) is 34.4 Å². The molecular formula is C20H23N5O. The maximum Gasteiger partial charge on any atom is 0.254 e. The largest absolute Gasteiger partial charge is 0.329 e. The molecule has 6 heteroatoms. The molecule has 0 bridgehead atoms. The fraction of sp³-hybridized carbons (Fsp3) is 0.350. The van der Waals surface area contributed by atoms with Crippen LogP contribution >= 0.6 is 0 Å². The number of benzene rings is 2. The Morgan fingerprint density at radius 3 is 2.73 bits per heavy atom. The van der Waals surface area contributed by atoms with Gasteiger partial charge in [0, 0.05) is 31.7 Å². The lowest BCUT2D eigenvalue weighted by atomic mass is 10.0. The van der Waals surface area contributed by atoms with Gasteiger partial charge in [-0.2, -0.15) is 0 Å². The normalized spacial score (nSPS) is 18.4. The molecule has 0 N–H and O–H groups in total. The van der Waals surface area contributed by atoms with Crippen molar-refractivity contribution in [3.63, 3.8) is 0 Å². The Kier molecular flexibility index (Phi) is 4.42. The summed E-state index contributed by atoms with van der Waals surface area (Å²) in [5, 5.41) is 8.34. The van der Waals surface area contributed by atoms with Gasteiger partial charge in [-0.25, -0.2) is 4.68 Å². The molecule has 1 saturated heterocycles. The van der Waals surface area contributed by atoms with E-state index in [0.29, 0.717) is 12.1 Å². The summed E-state index contributed by atoms with van der Waals surface area (Å²) >= 11 is 0. The molecule has 6 nitrogen and oxygen atoms in total. The maximum absolute atomic E-state index is 13.3. The molecule has 1 atom stereocenters. The van der Waals surface area contributed by atoms with E-state index in [1.165, 1.54) is 5.56 Å². The third kappa shape index (κ3) is 2.97. The van der Waals surface area contributed by atoms with Gasteiger partial charge in [0.05, 0.1) is 11.6 Å². The highest BCUT2D eigenvalue weighted by Crippen LogP contribution is 2.27. The number of carbonyl (C=O) groups excluding carboxylic acids is 1. The smallest absolute Gasteiger partial charge is 0.254 e. The second-order valence-electron chi connectivity index (χ2n) is 6.80. The van der Waals surface area contributed by atoms with Gasteiger partial charge in [-0.1, -0.05) is 35.5 Å². The van der Waals surface area contributed by atoms with Crippen molar-refractivity contribution in [3.8, 4) is 0 Å². The summed E-state index contributed by atoms with van der Waals surface area (Å²) in [6, 6.07) is 16.0. The van der Waals surface area contributed by atoms with E-state index in [0.717, 1.165) is 30.7 Å². The van der Waals surface area contributed by atoms with Crippen molar-refractivity contribution in [1.82, 2.24) is 24.8 Å². The molecule has 4 rings (SSSR count). The number of piperazine rings is 1. The van der Waals surface area contributed by atoms with Crippen molar-refractivity contribution >= 4 is 16.9 Å². The molecule has 1 aliphatic rings. The molecule has 1 fully saturated rings. The van der Waals surface area contributed by atoms with Gasteiger partial charge >= 0.3 is 0 Å². The first kappa shape index (κ1) is 16.7. The summed E-state index contributed by atoms with van der Waals surface area (Å²) in [5.41, 5.74) is 3.57. The summed E-state index contributed by atoms with van der Waals surface area (Å²) in [6.45, 7) is 5.22. The average molecular weight is 349 g/mol. The molecule has 0 saturated carbocycles. The summed E-state index contributed by atoms with van der Waals surface area (Å²) < 4.78 is 1.84. The molecule has 0 radical (unpaired) electrons. The molecule has 134 valence electrons. The summed E-state index contributed by atoms with van der Waals surface area (Å²) in [7, 11) is 2.10. The third-order valence-corrected chi connectivity index (χ3v) is 5.09. The fourth-order valence-electron chi connectivity index (χ4n) is 3.63. The molecule has 1 unspecified atom stereocenters. The van der Waals surface area contributed by atoms with Crippen LogP contribution in [0, 0.1) is 0 Å². The van der Waals surface area contributed by atoms with Gasteiger partial charge in [-0.05, 0) is 37.7 Å². The van der Waals surface area contributed by atoms with Crippen molar-refractivity contribution in [3.05, 3.63) is 59.7 Å². The van der Waals surface area contributed by atoms with Crippen molar-refractivity contribution in [2.75, 3.05) is 26.7 Å². The first-order valence-electron chi connectivity index (χ1n) is 9.05. The molecule has 1 amide bonds. The van der Waals surface area contributed by atoms with Crippen LogP contribution in [0.3, 0.4) is 0 Å². The van der Waals surface area contributed by atoms with Crippen LogP contribution in [0.4, 0.5) is 0 Å². The highest BCUT2D eigenvalue weighted by atomic mass is 16.2. The highest BCUT2D eigenvalue weighted by Gasteiger charge is 2.31. The van der Waals surface area contributed by atoms with Crippen LogP contribution in [0.5, 0.6) is 0 Å². The number of rotatable bonds is 3. The molecule has 0 spiro atoms. The Hall–Kier alpha value is -2.73. The predicted molar refractivity (Wildman–Crippen MR) is 101 cm³/mol. The number of hydrogen-bond acceptors (Lipinski definition) is 4. The predicted octanol–water partition coefficient (Wildman–Crippen LogP) is 2.58. The number of carbonyl (C=O) groups is 1. The lowest BCUT2D eigenvalue weighted by molar-refractivity contribution is 0.0498. The lowest BCUT2D eigenvalue weighted by Crippen LogP contribution is -2.49. The van der Waals surface area contributed by atoms with E-state index in [1.54, 1.807) is 0 Å². The van der Waals surface area contributed by atoms with Crippen LogP contribution < -0.4 is 0 Å². The SMILES string of the molecule is CCn1nnc2cc(C(=O)N3CCN(C)CC3c3ccccc3)ccc21. The number of fused-ring (bicyclic) bond motifs is 1. The molecular weight excluding hydrogens is 326 g/mol. The van der Waals surface area contributed by atoms with Crippen LogP contribution in [0.15, 0.2) is 48.5 Å². The van der Waals surface area contributed by atoms with Crippen molar-refractivity contribution < 1.29 is 4.79 Å². The monoisotopic (exact) mass is 349 g/mol. The van der Waals surface area contributed by atoms with Crippen molar-refractivity contribution in [1.29, 1.82) is 0 Å². The van der Waals surface area contributed by atoms with Gasteiger partial charge in [0.2, 0.25) is 0 Å². The zero-order valence-corrected chi connectivity index (χ0v) is 15.2. The molecule has 2 aromatic carbocycles. The Bertz CT molecular complexity index is 920. The van der Waals surface area contributed by atoms with E-state index in [1.807, 2.05) is 52.9 Å². The second-order valence-corrected chi connectivity index (χ2v) is 6.80. The topological polar surface area (TPSA) is 54.3 Å². The quantitative estimate of drug-likeness (QED) is 0.729. The number of nitrogens with zero attached hydrogens (tertiary/aromatic N) is 5. The summed E-state index contributed by atoms with van der Waals surface area (Å²) in [6.07, 6.45) is 0. The zero-order chi connectivity index (χ0) is 18.1. The standard InChI is InChI=1S/C20H23N5O/c1-3-25-18-10-9-16(13-17(18)21-22-25)20(26)24-12-11-23(2)14-19(24)15-7-5-4-6-8-15/h4-10,13,19H,3,11-12,14H2,1-2H3. The molecule has 0 aliphatic carbocycles. The van der Waals surface area contributed by atoms with Crippen LogP contribution in [0.1, 0.15) is 28.9 Å². The molecule has 26 heavy (non-hydrogen) atoms. The van der Waals surface area contributed by atoms with Gasteiger partial charge in [-0.3, -0.25) is 4.79 Å². The molecule has 2 heterocycles. The second kappa shape index (κ2) is 6.88. The number of likely N-dealkylation sites (N-methyl/N-ethyl adjacent to an activating group) is 1. The summed E-state index contributed by atoms with van der Waals surface area (Å²) in [4.78, 5) is 17.5. The van der Waals surface area contributed by atoms with Crippen molar-refractivity contribution in [2.24, 2.45) is 0 Å². The Morgan fingerprint density at radius 2 is 1.96 bits per heavy atom. The van der Waals surface area contributed by atoms with E-state index in [-0.39, 0.29) is 11.9 Å². The van der Waals surface area contributed by atoms with E-state index >= 15 is 0 Å². The first-order chi connectivity index (χ1) is 12.7. The minimum atomic E-state index is 0.0555. The first-order valence-corrected chi connectivity index (χ1v) is 9.05. The fourth-order valence-corrected chi connectivity index (χ4v) is 3.63. The highest BCUT2D eigenvalue weighted by molar-refractivity contribution is 5.97. The van der Waals surface area contributed by atoms with Crippen LogP contribution in [0.2, 0.25) is 0 Å². The lowest BCUT2D eigenvalue weighted by Gasteiger charge is -2.40. The van der Waals surface area contributed by atoms with Crippen LogP contribution in [0.25, 0.3) is 11.0 Å². The van der Waals surface area contributed by atoms with E-state index < -0.39 is 0 Å². The third-order valence-electron chi connectivity index (χ3n) is 5.09. The molecule has 3 aromatic rings. The summed E-state index contributed by atoms with van der Waals surface area (Å²) in [5.74, 6) is 0.0555. The maximum atomic E-state index is 13.3. The number of hydrogen-bond donors (Lipinski definition) is 0. The minimum Gasteiger partial charge on any atom is -0.329 e. The van der Waals surface area contributed by atoms with Crippen LogP contribution in [-0.4, -0.2) is 57.4 Å². The number of aromatic nitrogens is 3.